The molecule has 4 rings (SSSR count). The number of hydrogen-bond donors (Lipinski definition) is 1. The van der Waals surface area contributed by atoms with Crippen molar-refractivity contribution in [3.63, 3.8) is 0 Å². The third-order valence-corrected chi connectivity index (χ3v) is 6.33. The Morgan fingerprint density at radius 3 is 2.58 bits per heavy atom. The third-order valence-electron chi connectivity index (χ3n) is 6.33. The van der Waals surface area contributed by atoms with Crippen LogP contribution in [0, 0.1) is 17.7 Å². The van der Waals surface area contributed by atoms with E-state index in [0.717, 1.165) is 50.3 Å². The third kappa shape index (κ3) is 6.05. The highest BCUT2D eigenvalue weighted by Crippen LogP contribution is 2.35. The summed E-state index contributed by atoms with van der Waals surface area (Å²) >= 11 is 0. The standard InChI is InChI=1S/C25H31FN2O3/c26-22-8-6-20(7-9-22)24-16-21(25(29)27-17-19-10-13-30-14-11-19)18-28(24)12-15-31-23-4-2-1-3-5-23/h1-9,19,21,24H,10-18H2,(H,27,29)/t21-,24+/m1/s1. The molecule has 2 aliphatic rings. The van der Waals surface area contributed by atoms with E-state index in [2.05, 4.69) is 10.2 Å². The Balaban J connectivity index is 1.36. The molecule has 2 saturated heterocycles. The van der Waals surface area contributed by atoms with E-state index in [9.17, 15) is 9.18 Å². The zero-order valence-corrected chi connectivity index (χ0v) is 17.8. The maximum atomic E-state index is 13.4. The molecule has 0 spiro atoms. The van der Waals surface area contributed by atoms with Crippen molar-refractivity contribution >= 4 is 5.91 Å². The number of nitrogens with zero attached hydrogens (tertiary/aromatic N) is 1. The van der Waals surface area contributed by atoms with Crippen LogP contribution in [0.5, 0.6) is 5.75 Å². The van der Waals surface area contributed by atoms with Crippen LogP contribution < -0.4 is 10.1 Å². The minimum absolute atomic E-state index is 0.0772. The smallest absolute Gasteiger partial charge is 0.224 e. The predicted molar refractivity (Wildman–Crippen MR) is 117 cm³/mol. The molecular weight excluding hydrogens is 395 g/mol. The number of carbonyl (C=O) groups excluding carboxylic acids is 1. The number of halogens is 1. The van der Waals surface area contributed by atoms with E-state index in [1.54, 1.807) is 0 Å². The summed E-state index contributed by atoms with van der Waals surface area (Å²) in [6.07, 6.45) is 2.74. The number of carbonyl (C=O) groups is 1. The van der Waals surface area contributed by atoms with Crippen LogP contribution in [0.4, 0.5) is 4.39 Å². The summed E-state index contributed by atoms with van der Waals surface area (Å²) < 4.78 is 24.7. The first-order valence-corrected chi connectivity index (χ1v) is 11.2. The Bertz CT molecular complexity index is 824. The zero-order valence-electron chi connectivity index (χ0n) is 17.8. The van der Waals surface area contributed by atoms with E-state index < -0.39 is 0 Å². The maximum Gasteiger partial charge on any atom is 0.224 e. The molecule has 31 heavy (non-hydrogen) atoms. The van der Waals surface area contributed by atoms with Crippen molar-refractivity contribution < 1.29 is 18.7 Å². The minimum atomic E-state index is -0.244. The highest BCUT2D eigenvalue weighted by molar-refractivity contribution is 5.79. The topological polar surface area (TPSA) is 50.8 Å². The van der Waals surface area contributed by atoms with Gasteiger partial charge in [0.25, 0.3) is 0 Å². The molecule has 2 aromatic rings. The maximum absolute atomic E-state index is 13.4. The number of ether oxygens (including phenoxy) is 2. The lowest BCUT2D eigenvalue weighted by Crippen LogP contribution is -2.37. The molecule has 0 saturated carbocycles. The van der Waals surface area contributed by atoms with E-state index in [1.165, 1.54) is 12.1 Å². The fraction of sp³-hybridized carbons (Fsp3) is 0.480. The highest BCUT2D eigenvalue weighted by atomic mass is 19.1. The molecule has 5 nitrogen and oxygen atoms in total. The van der Waals surface area contributed by atoms with Crippen LogP contribution in [-0.2, 0) is 9.53 Å². The van der Waals surface area contributed by atoms with Crippen LogP contribution >= 0.6 is 0 Å². The molecule has 2 aromatic carbocycles. The van der Waals surface area contributed by atoms with Crippen LogP contribution in [0.15, 0.2) is 54.6 Å². The molecule has 2 aliphatic heterocycles. The van der Waals surface area contributed by atoms with Gasteiger partial charge in [-0.15, -0.1) is 0 Å². The Kier molecular flexibility index (Phi) is 7.54. The van der Waals surface area contributed by atoms with Crippen LogP contribution in [-0.4, -0.2) is 50.3 Å². The molecule has 0 aliphatic carbocycles. The summed E-state index contributed by atoms with van der Waals surface area (Å²) in [6.45, 7) is 4.22. The Morgan fingerprint density at radius 1 is 1.10 bits per heavy atom. The van der Waals surface area contributed by atoms with Gasteiger partial charge in [0, 0.05) is 38.9 Å². The molecular formula is C25H31FN2O3. The van der Waals surface area contributed by atoms with Crippen LogP contribution in [0.25, 0.3) is 0 Å². The van der Waals surface area contributed by atoms with Crippen molar-refractivity contribution in [2.75, 3.05) is 39.5 Å². The Morgan fingerprint density at radius 2 is 1.84 bits per heavy atom. The molecule has 2 heterocycles. The number of likely N-dealkylation sites (tertiary alicyclic amines) is 1. The largest absolute Gasteiger partial charge is 0.492 e. The molecule has 1 N–H and O–H groups in total. The van der Waals surface area contributed by atoms with Gasteiger partial charge in [0.1, 0.15) is 18.2 Å². The molecule has 1 amide bonds. The van der Waals surface area contributed by atoms with E-state index in [0.29, 0.717) is 25.6 Å². The second kappa shape index (κ2) is 10.7. The molecule has 166 valence electrons. The van der Waals surface area contributed by atoms with Crippen molar-refractivity contribution in [2.45, 2.75) is 25.3 Å². The summed E-state index contributed by atoms with van der Waals surface area (Å²) in [5.41, 5.74) is 1.04. The Hall–Kier alpha value is -2.44. The van der Waals surface area contributed by atoms with Gasteiger partial charge in [-0.2, -0.15) is 0 Å². The molecule has 2 atom stereocenters. The molecule has 0 radical (unpaired) electrons. The van der Waals surface area contributed by atoms with Crippen LogP contribution in [0.2, 0.25) is 0 Å². The monoisotopic (exact) mass is 426 g/mol. The molecule has 2 fully saturated rings. The van der Waals surface area contributed by atoms with E-state index >= 15 is 0 Å². The van der Waals surface area contributed by atoms with Crippen molar-refractivity contribution in [1.29, 1.82) is 0 Å². The van der Waals surface area contributed by atoms with Crippen LogP contribution in [0.1, 0.15) is 30.9 Å². The summed E-state index contributed by atoms with van der Waals surface area (Å²) in [7, 11) is 0. The summed E-state index contributed by atoms with van der Waals surface area (Å²) in [5.74, 6) is 1.14. The van der Waals surface area contributed by atoms with Crippen molar-refractivity contribution in [3.8, 4) is 5.75 Å². The highest BCUT2D eigenvalue weighted by Gasteiger charge is 2.36. The number of amides is 1. The average Bonchev–Trinajstić information content (AvgIpc) is 3.24. The van der Waals surface area contributed by atoms with Gasteiger partial charge in [-0.05, 0) is 55.0 Å². The van der Waals surface area contributed by atoms with Gasteiger partial charge in [-0.25, -0.2) is 4.39 Å². The van der Waals surface area contributed by atoms with Gasteiger partial charge in [-0.1, -0.05) is 30.3 Å². The fourth-order valence-electron chi connectivity index (χ4n) is 4.51. The van der Waals surface area contributed by atoms with Gasteiger partial charge in [0.15, 0.2) is 0 Å². The van der Waals surface area contributed by atoms with Crippen molar-refractivity contribution in [1.82, 2.24) is 10.2 Å². The van der Waals surface area contributed by atoms with Gasteiger partial charge < -0.3 is 14.8 Å². The molecule has 0 bridgehead atoms. The summed E-state index contributed by atoms with van der Waals surface area (Å²) in [5, 5.41) is 3.17. The number of hydrogen-bond acceptors (Lipinski definition) is 4. The first-order valence-electron chi connectivity index (χ1n) is 11.2. The number of para-hydroxylation sites is 1. The number of nitrogens with one attached hydrogen (secondary N) is 1. The van der Waals surface area contributed by atoms with Gasteiger partial charge in [-0.3, -0.25) is 9.69 Å². The second-order valence-corrected chi connectivity index (χ2v) is 8.46. The van der Waals surface area contributed by atoms with E-state index in [4.69, 9.17) is 9.47 Å². The molecule has 0 aromatic heterocycles. The van der Waals surface area contributed by atoms with E-state index in [-0.39, 0.29) is 23.7 Å². The normalized spacial score (nSPS) is 22.4. The summed E-state index contributed by atoms with van der Waals surface area (Å²) in [4.78, 5) is 15.2. The summed E-state index contributed by atoms with van der Waals surface area (Å²) in [6, 6.07) is 16.5. The lowest BCUT2D eigenvalue weighted by molar-refractivity contribution is -0.125. The van der Waals surface area contributed by atoms with Crippen molar-refractivity contribution in [2.24, 2.45) is 11.8 Å². The van der Waals surface area contributed by atoms with Gasteiger partial charge >= 0.3 is 0 Å². The quantitative estimate of drug-likeness (QED) is 0.698. The molecule has 0 unspecified atom stereocenters. The SMILES string of the molecule is O=C(NCC1CCOCC1)[C@@H]1C[C@@H](c2ccc(F)cc2)N(CCOc2ccccc2)C1. The van der Waals surface area contributed by atoms with E-state index in [1.807, 2.05) is 42.5 Å². The second-order valence-electron chi connectivity index (χ2n) is 8.46. The number of rotatable bonds is 8. The molecule has 6 heteroatoms. The van der Waals surface area contributed by atoms with Crippen LogP contribution in [0.3, 0.4) is 0 Å². The first-order chi connectivity index (χ1) is 15.2. The first kappa shape index (κ1) is 21.8. The van der Waals surface area contributed by atoms with Crippen molar-refractivity contribution in [3.05, 3.63) is 66.0 Å². The Labute approximate surface area is 183 Å². The number of benzene rings is 2. The predicted octanol–water partition coefficient (Wildman–Crippen LogP) is 3.81. The van der Waals surface area contributed by atoms with Gasteiger partial charge in [0.05, 0.1) is 5.92 Å². The fourth-order valence-corrected chi connectivity index (χ4v) is 4.51. The van der Waals surface area contributed by atoms with Gasteiger partial charge in [0.2, 0.25) is 5.91 Å². The zero-order chi connectivity index (χ0) is 21.5. The minimum Gasteiger partial charge on any atom is -0.492 e. The average molecular weight is 427 g/mol. The lowest BCUT2D eigenvalue weighted by Gasteiger charge is -2.24. The lowest BCUT2D eigenvalue weighted by atomic mass is 9.97.